The molecule has 2 aromatic carbocycles. The highest BCUT2D eigenvalue weighted by Crippen LogP contribution is 2.40. The summed E-state index contributed by atoms with van der Waals surface area (Å²) in [6.07, 6.45) is 0.853. The summed E-state index contributed by atoms with van der Waals surface area (Å²) in [7, 11) is 1.69. The van der Waals surface area contributed by atoms with Gasteiger partial charge in [-0.1, -0.05) is 48.0 Å². The van der Waals surface area contributed by atoms with Gasteiger partial charge in [0.15, 0.2) is 0 Å². The summed E-state index contributed by atoms with van der Waals surface area (Å²) in [4.78, 5) is 6.15. The summed E-state index contributed by atoms with van der Waals surface area (Å²) >= 11 is 3.37. The third-order valence-corrected chi connectivity index (χ3v) is 7.00. The van der Waals surface area contributed by atoms with Crippen LogP contribution in [-0.2, 0) is 0 Å². The van der Waals surface area contributed by atoms with E-state index in [1.54, 1.807) is 29.8 Å². The fraction of sp³-hybridized carbons (Fsp3) is 0.167. The number of benzene rings is 2. The number of nitrogens with zero attached hydrogens (tertiary/aromatic N) is 3. The quantitative estimate of drug-likeness (QED) is 0.360. The van der Waals surface area contributed by atoms with Crippen LogP contribution in [0.1, 0.15) is 28.5 Å². The maximum Gasteiger partial charge on any atom is 0.207 e. The van der Waals surface area contributed by atoms with E-state index in [9.17, 15) is 0 Å². The molecule has 5 rings (SSSR count). The maximum atomic E-state index is 5.33. The van der Waals surface area contributed by atoms with Gasteiger partial charge in [-0.15, -0.1) is 22.7 Å². The van der Waals surface area contributed by atoms with Crippen LogP contribution in [0.3, 0.4) is 0 Å². The molecule has 0 fully saturated rings. The maximum absolute atomic E-state index is 5.33. The number of hydrazone groups is 1. The smallest absolute Gasteiger partial charge is 0.207 e. The third kappa shape index (κ3) is 3.64. The fourth-order valence-corrected chi connectivity index (χ4v) is 5.14. The number of ether oxygens (including phenoxy) is 1. The molecule has 6 heteroatoms. The average molecular weight is 432 g/mol. The summed E-state index contributed by atoms with van der Waals surface area (Å²) in [6, 6.07) is 21.1. The third-order valence-electron chi connectivity index (χ3n) is 5.25. The van der Waals surface area contributed by atoms with Crippen LogP contribution in [0.2, 0.25) is 0 Å². The first kappa shape index (κ1) is 19.0. The summed E-state index contributed by atoms with van der Waals surface area (Å²) in [6.45, 7) is 2.10. The lowest BCUT2D eigenvalue weighted by atomic mass is 10.0. The number of thiazole rings is 1. The van der Waals surface area contributed by atoms with Crippen LogP contribution in [0.4, 0.5) is 5.13 Å². The lowest BCUT2D eigenvalue weighted by Crippen LogP contribution is -2.18. The lowest BCUT2D eigenvalue weighted by Gasteiger charge is -2.21. The van der Waals surface area contributed by atoms with E-state index < -0.39 is 0 Å². The number of aromatic nitrogens is 1. The van der Waals surface area contributed by atoms with Crippen molar-refractivity contribution in [2.75, 3.05) is 12.1 Å². The average Bonchev–Trinajstić information content (AvgIpc) is 3.54. The fourth-order valence-electron chi connectivity index (χ4n) is 3.59. The number of thiophene rings is 1. The van der Waals surface area contributed by atoms with E-state index in [2.05, 4.69) is 71.2 Å². The number of rotatable bonds is 5. The first-order valence-electron chi connectivity index (χ1n) is 9.78. The van der Waals surface area contributed by atoms with E-state index in [0.717, 1.165) is 34.3 Å². The predicted molar refractivity (Wildman–Crippen MR) is 126 cm³/mol. The van der Waals surface area contributed by atoms with Crippen molar-refractivity contribution in [3.05, 3.63) is 87.4 Å². The Morgan fingerprint density at radius 3 is 2.50 bits per heavy atom. The molecule has 0 amide bonds. The van der Waals surface area contributed by atoms with Gasteiger partial charge in [-0.05, 0) is 36.1 Å². The second kappa shape index (κ2) is 8.05. The molecule has 0 bridgehead atoms. The normalized spacial score (nSPS) is 16.0. The molecule has 4 aromatic rings. The highest BCUT2D eigenvalue weighted by atomic mass is 32.1. The number of aryl methyl sites for hydroxylation is 1. The van der Waals surface area contributed by atoms with Crippen LogP contribution in [0.15, 0.2) is 76.5 Å². The zero-order chi connectivity index (χ0) is 20.5. The molecule has 3 heterocycles. The second-order valence-electron chi connectivity index (χ2n) is 7.24. The van der Waals surface area contributed by atoms with Crippen molar-refractivity contribution in [1.82, 2.24) is 4.98 Å². The Morgan fingerprint density at radius 2 is 1.80 bits per heavy atom. The van der Waals surface area contributed by atoms with E-state index in [4.69, 9.17) is 14.8 Å². The summed E-state index contributed by atoms with van der Waals surface area (Å²) in [5.74, 6) is 0.860. The van der Waals surface area contributed by atoms with Gasteiger partial charge in [0.05, 0.1) is 29.4 Å². The Morgan fingerprint density at radius 1 is 1.00 bits per heavy atom. The van der Waals surface area contributed by atoms with Crippen molar-refractivity contribution in [2.24, 2.45) is 5.10 Å². The van der Waals surface area contributed by atoms with Crippen LogP contribution >= 0.6 is 22.7 Å². The Kier molecular flexibility index (Phi) is 5.11. The van der Waals surface area contributed by atoms with Crippen molar-refractivity contribution in [1.29, 1.82) is 0 Å². The van der Waals surface area contributed by atoms with E-state index in [1.807, 2.05) is 12.1 Å². The van der Waals surface area contributed by atoms with Gasteiger partial charge in [-0.25, -0.2) is 9.99 Å². The zero-order valence-corrected chi connectivity index (χ0v) is 18.4. The summed E-state index contributed by atoms with van der Waals surface area (Å²) in [5, 5.41) is 12.2. The molecule has 0 N–H and O–H groups in total. The molecule has 0 unspecified atom stereocenters. The van der Waals surface area contributed by atoms with Crippen molar-refractivity contribution in [3.63, 3.8) is 0 Å². The van der Waals surface area contributed by atoms with Crippen molar-refractivity contribution in [2.45, 2.75) is 19.4 Å². The van der Waals surface area contributed by atoms with Crippen LogP contribution in [0.25, 0.3) is 11.3 Å². The molecule has 30 heavy (non-hydrogen) atoms. The lowest BCUT2D eigenvalue weighted by molar-refractivity contribution is 0.414. The summed E-state index contributed by atoms with van der Waals surface area (Å²) in [5.41, 5.74) is 5.68. The highest BCUT2D eigenvalue weighted by Gasteiger charge is 2.32. The van der Waals surface area contributed by atoms with Crippen LogP contribution < -0.4 is 9.75 Å². The van der Waals surface area contributed by atoms with Crippen LogP contribution in [0, 0.1) is 6.92 Å². The van der Waals surface area contributed by atoms with E-state index in [0.29, 0.717) is 0 Å². The van der Waals surface area contributed by atoms with Gasteiger partial charge in [0.25, 0.3) is 0 Å². The molecule has 0 radical (unpaired) electrons. The molecule has 4 nitrogen and oxygen atoms in total. The van der Waals surface area contributed by atoms with Gasteiger partial charge >= 0.3 is 0 Å². The van der Waals surface area contributed by atoms with Gasteiger partial charge in [0, 0.05) is 17.4 Å². The van der Waals surface area contributed by atoms with E-state index >= 15 is 0 Å². The van der Waals surface area contributed by atoms with Gasteiger partial charge in [0.1, 0.15) is 5.75 Å². The molecular weight excluding hydrogens is 410 g/mol. The van der Waals surface area contributed by atoms with Gasteiger partial charge < -0.3 is 4.74 Å². The predicted octanol–water partition coefficient (Wildman–Crippen LogP) is 6.54. The molecule has 0 aliphatic carbocycles. The second-order valence-corrected chi connectivity index (χ2v) is 9.03. The number of hydrogen-bond acceptors (Lipinski definition) is 6. The zero-order valence-electron chi connectivity index (χ0n) is 16.8. The standard InChI is InChI=1S/C24H21N3OS2/c1-16-5-7-17(8-6-16)21-15-30-24(25-21)27-22(18-9-11-19(28-2)12-10-18)14-20(26-27)23-4-3-13-29-23/h3-13,15,22H,14H2,1-2H3/t22-/m0/s1. The minimum atomic E-state index is 0.116. The van der Waals surface area contributed by atoms with Gasteiger partial charge in [0.2, 0.25) is 5.13 Å². The molecule has 2 aromatic heterocycles. The van der Waals surface area contributed by atoms with Crippen molar-refractivity contribution in [3.8, 4) is 17.0 Å². The van der Waals surface area contributed by atoms with Crippen molar-refractivity contribution < 1.29 is 4.74 Å². The van der Waals surface area contributed by atoms with Crippen LogP contribution in [0.5, 0.6) is 5.75 Å². The molecule has 1 aliphatic rings. The number of anilines is 1. The van der Waals surface area contributed by atoms with Crippen LogP contribution in [-0.4, -0.2) is 17.8 Å². The number of methoxy groups -OCH3 is 1. The molecule has 1 aliphatic heterocycles. The highest BCUT2D eigenvalue weighted by molar-refractivity contribution is 7.14. The van der Waals surface area contributed by atoms with Gasteiger partial charge in [-0.3, -0.25) is 0 Å². The van der Waals surface area contributed by atoms with E-state index in [-0.39, 0.29) is 6.04 Å². The Bertz CT molecular complexity index is 1160. The molecule has 0 spiro atoms. The minimum absolute atomic E-state index is 0.116. The molecule has 150 valence electrons. The van der Waals surface area contributed by atoms with Gasteiger partial charge in [-0.2, -0.15) is 5.10 Å². The SMILES string of the molecule is COc1ccc([C@@H]2CC(c3cccs3)=NN2c2nc(-c3ccc(C)cc3)cs2)cc1. The largest absolute Gasteiger partial charge is 0.497 e. The molecule has 1 atom stereocenters. The molecule has 0 saturated carbocycles. The summed E-state index contributed by atoms with van der Waals surface area (Å²) < 4.78 is 5.33. The first-order valence-corrected chi connectivity index (χ1v) is 11.5. The topological polar surface area (TPSA) is 37.7 Å². The molecular formula is C24H21N3OS2. The Balaban J connectivity index is 1.51. The number of hydrogen-bond donors (Lipinski definition) is 0. The van der Waals surface area contributed by atoms with Crippen molar-refractivity contribution >= 4 is 33.5 Å². The monoisotopic (exact) mass is 431 g/mol. The molecule has 0 saturated heterocycles. The Hall–Kier alpha value is -2.96. The Labute approximate surface area is 184 Å². The van der Waals surface area contributed by atoms with E-state index in [1.165, 1.54) is 16.0 Å². The minimum Gasteiger partial charge on any atom is -0.497 e. The first-order chi connectivity index (χ1) is 14.7.